The molecule has 22 heavy (non-hydrogen) atoms. The third-order valence-electron chi connectivity index (χ3n) is 4.70. The highest BCUT2D eigenvalue weighted by atomic mass is 15.0. The van der Waals surface area contributed by atoms with Crippen LogP contribution in [-0.4, -0.2) is 21.5 Å². The Bertz CT molecular complexity index is 776. The molecule has 4 heteroatoms. The molecule has 1 saturated carbocycles. The van der Waals surface area contributed by atoms with Gasteiger partial charge in [-0.25, -0.2) is 15.0 Å². The van der Waals surface area contributed by atoms with E-state index in [9.17, 15) is 0 Å². The molecule has 4 rings (SSSR count). The molecule has 0 radical (unpaired) electrons. The van der Waals surface area contributed by atoms with Gasteiger partial charge in [0, 0.05) is 18.2 Å². The highest BCUT2D eigenvalue weighted by Gasteiger charge is 2.38. The maximum Gasteiger partial charge on any atom is 0.164 e. The Labute approximate surface area is 129 Å². The zero-order valence-electron chi connectivity index (χ0n) is 12.4. The summed E-state index contributed by atoms with van der Waals surface area (Å²) in [6.45, 7) is 0.901. The lowest BCUT2D eigenvalue weighted by molar-refractivity contribution is 0.260. The van der Waals surface area contributed by atoms with Gasteiger partial charge >= 0.3 is 0 Å². The van der Waals surface area contributed by atoms with Crippen LogP contribution in [0.25, 0.3) is 11.0 Å². The van der Waals surface area contributed by atoms with Gasteiger partial charge in [0.05, 0.1) is 5.39 Å². The van der Waals surface area contributed by atoms with Crippen LogP contribution >= 0.6 is 0 Å². The normalized spacial score (nSPS) is 16.2. The molecule has 4 nitrogen and oxygen atoms in total. The van der Waals surface area contributed by atoms with Crippen molar-refractivity contribution in [2.45, 2.75) is 24.7 Å². The summed E-state index contributed by atoms with van der Waals surface area (Å²) in [6, 6.07) is 14.7. The second kappa shape index (κ2) is 5.37. The van der Waals surface area contributed by atoms with Crippen molar-refractivity contribution in [2.75, 3.05) is 11.9 Å². The van der Waals surface area contributed by atoms with E-state index in [4.69, 9.17) is 0 Å². The fraction of sp³-hybridized carbons (Fsp3) is 0.278. The van der Waals surface area contributed by atoms with E-state index >= 15 is 0 Å². The van der Waals surface area contributed by atoms with E-state index < -0.39 is 0 Å². The lowest BCUT2D eigenvalue weighted by Gasteiger charge is -2.42. The van der Waals surface area contributed by atoms with E-state index in [1.807, 2.05) is 12.1 Å². The van der Waals surface area contributed by atoms with E-state index in [2.05, 4.69) is 50.6 Å². The van der Waals surface area contributed by atoms with Gasteiger partial charge in [-0.3, -0.25) is 0 Å². The van der Waals surface area contributed by atoms with Crippen molar-refractivity contribution < 1.29 is 0 Å². The van der Waals surface area contributed by atoms with Crippen LogP contribution in [0.1, 0.15) is 24.8 Å². The SMILES string of the molecule is c1ccc(C2(CNc3ncnc4ncccc34)CCC2)cc1. The Morgan fingerprint density at radius 3 is 2.59 bits per heavy atom. The van der Waals surface area contributed by atoms with Crippen molar-refractivity contribution in [1.29, 1.82) is 0 Å². The van der Waals surface area contributed by atoms with Crippen LogP contribution in [0, 0.1) is 0 Å². The molecule has 2 aromatic heterocycles. The topological polar surface area (TPSA) is 50.7 Å². The molecule has 3 aromatic rings. The van der Waals surface area contributed by atoms with E-state index in [0.717, 1.165) is 23.4 Å². The first-order chi connectivity index (χ1) is 10.9. The largest absolute Gasteiger partial charge is 0.369 e. The minimum atomic E-state index is 0.237. The molecule has 0 bridgehead atoms. The standard InChI is InChI=1S/C18H18N4/c1-2-6-14(7-3-1)18(9-5-10-18)12-20-17-15-8-4-11-19-16(15)21-13-22-17/h1-4,6-8,11,13H,5,9-10,12H2,(H,19,20,21,22). The van der Waals surface area contributed by atoms with Gasteiger partial charge in [0.25, 0.3) is 0 Å². The van der Waals surface area contributed by atoms with Crippen molar-refractivity contribution in [3.05, 3.63) is 60.6 Å². The van der Waals surface area contributed by atoms with Gasteiger partial charge in [0.1, 0.15) is 12.1 Å². The average molecular weight is 290 g/mol. The summed E-state index contributed by atoms with van der Waals surface area (Å²) in [7, 11) is 0. The third-order valence-corrected chi connectivity index (χ3v) is 4.70. The van der Waals surface area contributed by atoms with E-state index in [0.29, 0.717) is 0 Å². The van der Waals surface area contributed by atoms with E-state index in [1.165, 1.54) is 24.8 Å². The Kier molecular flexibility index (Phi) is 3.22. The van der Waals surface area contributed by atoms with Crippen molar-refractivity contribution in [3.63, 3.8) is 0 Å². The number of aromatic nitrogens is 3. The number of benzene rings is 1. The Balaban J connectivity index is 1.61. The summed E-state index contributed by atoms with van der Waals surface area (Å²) >= 11 is 0. The number of rotatable bonds is 4. The summed E-state index contributed by atoms with van der Waals surface area (Å²) in [5.74, 6) is 0.875. The minimum Gasteiger partial charge on any atom is -0.369 e. The fourth-order valence-corrected chi connectivity index (χ4v) is 3.25. The molecule has 110 valence electrons. The third kappa shape index (κ3) is 2.21. The van der Waals surface area contributed by atoms with Crippen LogP contribution in [0.5, 0.6) is 0 Å². The van der Waals surface area contributed by atoms with Gasteiger partial charge in [-0.2, -0.15) is 0 Å². The molecule has 0 amide bonds. The van der Waals surface area contributed by atoms with E-state index in [-0.39, 0.29) is 5.41 Å². The van der Waals surface area contributed by atoms with Crippen molar-refractivity contribution >= 4 is 16.9 Å². The van der Waals surface area contributed by atoms with Gasteiger partial charge in [-0.1, -0.05) is 36.8 Å². The molecule has 1 aromatic carbocycles. The first-order valence-corrected chi connectivity index (χ1v) is 7.73. The smallest absolute Gasteiger partial charge is 0.164 e. The van der Waals surface area contributed by atoms with Crippen LogP contribution in [0.3, 0.4) is 0 Å². The number of pyridine rings is 1. The number of hydrogen-bond donors (Lipinski definition) is 1. The predicted octanol–water partition coefficient (Wildman–Crippen LogP) is 3.56. The second-order valence-corrected chi connectivity index (χ2v) is 5.95. The molecule has 0 aliphatic heterocycles. The lowest BCUT2D eigenvalue weighted by atomic mass is 9.64. The number of nitrogens with zero attached hydrogens (tertiary/aromatic N) is 3. The average Bonchev–Trinajstić information content (AvgIpc) is 2.55. The Morgan fingerprint density at radius 1 is 0.955 bits per heavy atom. The van der Waals surface area contributed by atoms with Crippen molar-refractivity contribution in [1.82, 2.24) is 15.0 Å². The van der Waals surface area contributed by atoms with Gasteiger partial charge in [-0.05, 0) is 30.5 Å². The van der Waals surface area contributed by atoms with Crippen LogP contribution in [-0.2, 0) is 5.41 Å². The zero-order valence-corrected chi connectivity index (χ0v) is 12.4. The fourth-order valence-electron chi connectivity index (χ4n) is 3.25. The maximum absolute atomic E-state index is 4.40. The zero-order chi connectivity index (χ0) is 14.8. The number of nitrogens with one attached hydrogen (secondary N) is 1. The van der Waals surface area contributed by atoms with Gasteiger partial charge in [0.15, 0.2) is 5.65 Å². The van der Waals surface area contributed by atoms with E-state index in [1.54, 1.807) is 12.5 Å². The number of hydrogen-bond acceptors (Lipinski definition) is 4. The van der Waals surface area contributed by atoms with Gasteiger partial charge in [0.2, 0.25) is 0 Å². The highest BCUT2D eigenvalue weighted by molar-refractivity contribution is 5.85. The number of fused-ring (bicyclic) bond motifs is 1. The molecule has 1 fully saturated rings. The molecule has 1 N–H and O–H groups in total. The molecule has 2 heterocycles. The molecule has 0 spiro atoms. The van der Waals surface area contributed by atoms with Crippen molar-refractivity contribution in [3.8, 4) is 0 Å². The summed E-state index contributed by atoms with van der Waals surface area (Å²) in [5, 5.41) is 4.52. The lowest BCUT2D eigenvalue weighted by Crippen LogP contribution is -2.41. The first-order valence-electron chi connectivity index (χ1n) is 7.73. The Hall–Kier alpha value is -2.49. The Morgan fingerprint density at radius 2 is 1.82 bits per heavy atom. The molecular weight excluding hydrogens is 272 g/mol. The van der Waals surface area contributed by atoms with Gasteiger partial charge < -0.3 is 5.32 Å². The van der Waals surface area contributed by atoms with Crippen LogP contribution in [0.15, 0.2) is 55.0 Å². The molecular formula is C18H18N4. The predicted molar refractivity (Wildman–Crippen MR) is 87.8 cm³/mol. The quantitative estimate of drug-likeness (QED) is 0.798. The molecule has 0 atom stereocenters. The minimum absolute atomic E-state index is 0.237. The summed E-state index contributed by atoms with van der Waals surface area (Å²) < 4.78 is 0. The molecule has 0 unspecified atom stereocenters. The van der Waals surface area contributed by atoms with Crippen molar-refractivity contribution in [2.24, 2.45) is 0 Å². The maximum atomic E-state index is 4.40. The second-order valence-electron chi connectivity index (χ2n) is 5.95. The summed E-state index contributed by atoms with van der Waals surface area (Å²) in [6.07, 6.45) is 7.09. The van der Waals surface area contributed by atoms with Gasteiger partial charge in [-0.15, -0.1) is 0 Å². The van der Waals surface area contributed by atoms with Crippen LogP contribution in [0.4, 0.5) is 5.82 Å². The molecule has 0 saturated heterocycles. The number of anilines is 1. The molecule has 1 aliphatic rings. The monoisotopic (exact) mass is 290 g/mol. The first kappa shape index (κ1) is 13.2. The molecule has 1 aliphatic carbocycles. The van der Waals surface area contributed by atoms with Crippen LogP contribution < -0.4 is 5.32 Å². The van der Waals surface area contributed by atoms with Crippen LogP contribution in [0.2, 0.25) is 0 Å². The summed E-state index contributed by atoms with van der Waals surface area (Å²) in [4.78, 5) is 12.9. The highest BCUT2D eigenvalue weighted by Crippen LogP contribution is 2.43. The summed E-state index contributed by atoms with van der Waals surface area (Å²) in [5.41, 5.74) is 2.40.